The maximum Gasteiger partial charge on any atom is 0.289 e. The van der Waals surface area contributed by atoms with Crippen LogP contribution < -0.4 is 0 Å². The standard InChI is InChI=1S/C22H26N2O3/c1-17-9-15-27-19(17)20(25)24-14-11-22(16-24)10-5-12-23(21(22)26)13-8-18-6-3-2-4-7-18/h2-4,6-7,9,15H,5,8,10-14,16H2,1H3/t22-/m1/s1. The van der Waals surface area contributed by atoms with Gasteiger partial charge in [-0.15, -0.1) is 0 Å². The topological polar surface area (TPSA) is 53.8 Å². The normalized spacial score (nSPS) is 22.6. The van der Waals surface area contributed by atoms with Gasteiger partial charge >= 0.3 is 0 Å². The van der Waals surface area contributed by atoms with Crippen molar-refractivity contribution in [2.45, 2.75) is 32.6 Å². The van der Waals surface area contributed by atoms with Crippen LogP contribution in [0.3, 0.4) is 0 Å². The quantitative estimate of drug-likeness (QED) is 0.834. The SMILES string of the molecule is Cc1ccoc1C(=O)N1CC[C@]2(CCCN(CCc3ccccc3)C2=O)C1. The lowest BCUT2D eigenvalue weighted by Crippen LogP contribution is -2.50. The maximum atomic E-state index is 13.3. The molecule has 1 aromatic heterocycles. The largest absolute Gasteiger partial charge is 0.459 e. The molecule has 0 aliphatic carbocycles. The number of nitrogens with zero attached hydrogens (tertiary/aromatic N) is 2. The van der Waals surface area contributed by atoms with Gasteiger partial charge in [0, 0.05) is 31.7 Å². The van der Waals surface area contributed by atoms with E-state index in [0.717, 1.165) is 44.3 Å². The lowest BCUT2D eigenvalue weighted by atomic mass is 9.78. The van der Waals surface area contributed by atoms with E-state index in [0.29, 0.717) is 18.8 Å². The first-order valence-electron chi connectivity index (χ1n) is 9.76. The van der Waals surface area contributed by atoms with Crippen molar-refractivity contribution in [1.82, 2.24) is 9.80 Å². The number of aryl methyl sites for hydroxylation is 1. The van der Waals surface area contributed by atoms with Gasteiger partial charge in [0.2, 0.25) is 5.91 Å². The smallest absolute Gasteiger partial charge is 0.289 e. The van der Waals surface area contributed by atoms with Gasteiger partial charge in [-0.05, 0) is 44.2 Å². The Morgan fingerprint density at radius 1 is 1.15 bits per heavy atom. The molecule has 27 heavy (non-hydrogen) atoms. The Balaban J connectivity index is 1.43. The lowest BCUT2D eigenvalue weighted by Gasteiger charge is -2.39. The van der Waals surface area contributed by atoms with Crippen LogP contribution in [-0.2, 0) is 11.2 Å². The summed E-state index contributed by atoms with van der Waals surface area (Å²) in [5.41, 5.74) is 1.69. The minimum atomic E-state index is -0.412. The van der Waals surface area contributed by atoms with Gasteiger partial charge in [0.15, 0.2) is 5.76 Å². The molecule has 0 unspecified atom stereocenters. The molecular weight excluding hydrogens is 340 g/mol. The molecule has 0 N–H and O–H groups in total. The summed E-state index contributed by atoms with van der Waals surface area (Å²) in [4.78, 5) is 29.8. The molecule has 142 valence electrons. The van der Waals surface area contributed by atoms with Gasteiger partial charge in [0.25, 0.3) is 5.91 Å². The number of amides is 2. The van der Waals surface area contributed by atoms with Crippen molar-refractivity contribution >= 4 is 11.8 Å². The average Bonchev–Trinajstić information content (AvgIpc) is 3.31. The highest BCUT2D eigenvalue weighted by Crippen LogP contribution is 2.40. The van der Waals surface area contributed by atoms with Gasteiger partial charge in [-0.3, -0.25) is 9.59 Å². The summed E-state index contributed by atoms with van der Waals surface area (Å²) in [5.74, 6) is 0.524. The lowest BCUT2D eigenvalue weighted by molar-refractivity contribution is -0.145. The second-order valence-electron chi connectivity index (χ2n) is 7.82. The Kier molecular flexibility index (Phi) is 4.77. The highest BCUT2D eigenvalue weighted by Gasteiger charge is 2.49. The van der Waals surface area contributed by atoms with Crippen molar-refractivity contribution in [3.05, 3.63) is 59.5 Å². The van der Waals surface area contributed by atoms with E-state index < -0.39 is 5.41 Å². The molecule has 1 aromatic carbocycles. The first-order chi connectivity index (χ1) is 13.1. The number of likely N-dealkylation sites (tertiary alicyclic amines) is 2. The minimum absolute atomic E-state index is 0.0939. The van der Waals surface area contributed by atoms with Crippen molar-refractivity contribution < 1.29 is 14.0 Å². The second kappa shape index (κ2) is 7.22. The molecule has 3 heterocycles. The Morgan fingerprint density at radius 3 is 2.70 bits per heavy atom. The highest BCUT2D eigenvalue weighted by atomic mass is 16.3. The van der Waals surface area contributed by atoms with Gasteiger partial charge in [-0.1, -0.05) is 30.3 Å². The first-order valence-corrected chi connectivity index (χ1v) is 9.76. The molecule has 2 aliphatic rings. The fraction of sp³-hybridized carbons (Fsp3) is 0.455. The number of carbonyl (C=O) groups is 2. The van der Waals surface area contributed by atoms with Crippen LogP contribution >= 0.6 is 0 Å². The van der Waals surface area contributed by atoms with E-state index in [9.17, 15) is 9.59 Å². The zero-order chi connectivity index (χ0) is 18.9. The van der Waals surface area contributed by atoms with Crippen molar-refractivity contribution in [3.8, 4) is 0 Å². The van der Waals surface area contributed by atoms with Gasteiger partial charge in [0.05, 0.1) is 11.7 Å². The molecule has 2 amide bonds. The molecule has 5 heteroatoms. The fourth-order valence-corrected chi connectivity index (χ4v) is 4.43. The van der Waals surface area contributed by atoms with Crippen molar-refractivity contribution in [3.63, 3.8) is 0 Å². The first kappa shape index (κ1) is 17.8. The van der Waals surface area contributed by atoms with E-state index in [-0.39, 0.29) is 11.8 Å². The van der Waals surface area contributed by atoms with E-state index in [1.807, 2.05) is 30.0 Å². The highest BCUT2D eigenvalue weighted by molar-refractivity contribution is 5.94. The van der Waals surface area contributed by atoms with Crippen molar-refractivity contribution in [2.75, 3.05) is 26.2 Å². The fourth-order valence-electron chi connectivity index (χ4n) is 4.43. The van der Waals surface area contributed by atoms with Crippen LogP contribution in [0.1, 0.15) is 40.9 Å². The minimum Gasteiger partial charge on any atom is -0.459 e. The third-order valence-corrected chi connectivity index (χ3v) is 6.03. The van der Waals surface area contributed by atoms with E-state index in [2.05, 4.69) is 12.1 Å². The molecule has 0 bridgehead atoms. The van der Waals surface area contributed by atoms with E-state index in [1.165, 1.54) is 5.56 Å². The van der Waals surface area contributed by atoms with Crippen LogP contribution in [0.2, 0.25) is 0 Å². The van der Waals surface area contributed by atoms with Gasteiger partial charge in [-0.2, -0.15) is 0 Å². The summed E-state index contributed by atoms with van der Waals surface area (Å²) < 4.78 is 5.36. The summed E-state index contributed by atoms with van der Waals surface area (Å²) in [5, 5.41) is 0. The Bertz CT molecular complexity index is 829. The maximum absolute atomic E-state index is 13.3. The summed E-state index contributed by atoms with van der Waals surface area (Å²) in [6, 6.07) is 12.1. The van der Waals surface area contributed by atoms with Crippen LogP contribution in [0.25, 0.3) is 0 Å². The molecular formula is C22H26N2O3. The number of rotatable bonds is 4. The number of benzene rings is 1. The zero-order valence-corrected chi connectivity index (χ0v) is 15.8. The van der Waals surface area contributed by atoms with Crippen LogP contribution in [0.5, 0.6) is 0 Å². The number of piperidine rings is 1. The van der Waals surface area contributed by atoms with Gasteiger partial charge < -0.3 is 14.2 Å². The zero-order valence-electron chi connectivity index (χ0n) is 15.8. The number of hydrogen-bond donors (Lipinski definition) is 0. The Hall–Kier alpha value is -2.56. The number of furan rings is 1. The van der Waals surface area contributed by atoms with E-state index in [4.69, 9.17) is 4.42 Å². The Labute approximate surface area is 159 Å². The summed E-state index contributed by atoms with van der Waals surface area (Å²) >= 11 is 0. The van der Waals surface area contributed by atoms with Crippen molar-refractivity contribution in [1.29, 1.82) is 0 Å². The monoisotopic (exact) mass is 366 g/mol. The van der Waals surface area contributed by atoms with E-state index >= 15 is 0 Å². The predicted octanol–water partition coefficient (Wildman–Crippen LogP) is 3.29. The van der Waals surface area contributed by atoms with Gasteiger partial charge in [0.1, 0.15) is 0 Å². The second-order valence-corrected chi connectivity index (χ2v) is 7.82. The number of carbonyl (C=O) groups excluding carboxylic acids is 2. The van der Waals surface area contributed by atoms with E-state index in [1.54, 1.807) is 17.2 Å². The molecule has 2 aromatic rings. The predicted molar refractivity (Wildman–Crippen MR) is 102 cm³/mol. The number of hydrogen-bond acceptors (Lipinski definition) is 3. The van der Waals surface area contributed by atoms with Crippen LogP contribution in [0, 0.1) is 12.3 Å². The summed E-state index contributed by atoms with van der Waals surface area (Å²) in [6.45, 7) is 4.57. The van der Waals surface area contributed by atoms with Crippen LogP contribution in [0.15, 0.2) is 47.1 Å². The van der Waals surface area contributed by atoms with Crippen molar-refractivity contribution in [2.24, 2.45) is 5.41 Å². The molecule has 1 spiro atoms. The molecule has 0 saturated carbocycles. The molecule has 2 saturated heterocycles. The molecule has 2 aliphatic heterocycles. The third-order valence-electron chi connectivity index (χ3n) is 6.03. The molecule has 0 radical (unpaired) electrons. The third kappa shape index (κ3) is 3.38. The summed E-state index contributed by atoms with van der Waals surface area (Å²) in [6.07, 6.45) is 5.04. The Morgan fingerprint density at radius 2 is 1.96 bits per heavy atom. The molecule has 4 rings (SSSR count). The summed E-state index contributed by atoms with van der Waals surface area (Å²) in [7, 11) is 0. The van der Waals surface area contributed by atoms with Gasteiger partial charge in [-0.25, -0.2) is 0 Å². The molecule has 1 atom stereocenters. The molecule has 5 nitrogen and oxygen atoms in total. The average molecular weight is 366 g/mol. The molecule has 2 fully saturated rings. The van der Waals surface area contributed by atoms with Crippen LogP contribution in [0.4, 0.5) is 0 Å². The van der Waals surface area contributed by atoms with Crippen LogP contribution in [-0.4, -0.2) is 47.8 Å².